The number of fused-ring (bicyclic) bond motifs is 1. The van der Waals surface area contributed by atoms with Gasteiger partial charge in [-0.15, -0.1) is 0 Å². The van der Waals surface area contributed by atoms with E-state index in [1.54, 1.807) is 48.5 Å². The molecule has 0 bridgehead atoms. The Morgan fingerprint density at radius 2 is 1.75 bits per heavy atom. The number of para-hydroxylation sites is 2. The van der Waals surface area contributed by atoms with E-state index in [1.165, 1.54) is 36.3 Å². The maximum Gasteiger partial charge on any atom is 0.348 e. The molecule has 0 unspecified atom stereocenters. The summed E-state index contributed by atoms with van der Waals surface area (Å²) in [5.74, 6) is -0.829. The molecule has 0 N–H and O–H groups in total. The molecule has 1 atom stereocenters. The molecule has 11 heteroatoms. The normalized spacial score (nSPS) is 15.2. The van der Waals surface area contributed by atoms with E-state index in [-0.39, 0.29) is 18.0 Å². The number of carbonyl (C=O) groups excluding carboxylic acids is 2. The number of benzene rings is 3. The zero-order valence-electron chi connectivity index (χ0n) is 19.1. The molecule has 8 nitrogen and oxygen atoms in total. The van der Waals surface area contributed by atoms with Gasteiger partial charge in [-0.05, 0) is 54.1 Å². The monoisotopic (exact) mass is 592 g/mol. The van der Waals surface area contributed by atoms with Crippen LogP contribution in [0.4, 0.5) is 5.69 Å². The molecule has 3 aromatic carbocycles. The molecule has 1 aliphatic heterocycles. The third kappa shape index (κ3) is 5.73. The van der Waals surface area contributed by atoms with Crippen LogP contribution in [0.3, 0.4) is 0 Å². The van der Waals surface area contributed by atoms with Crippen LogP contribution in [0, 0.1) is 0 Å². The molecular weight excluding hydrogens is 572 g/mol. The van der Waals surface area contributed by atoms with E-state index >= 15 is 0 Å². The van der Waals surface area contributed by atoms with Crippen molar-refractivity contribution in [2.24, 2.45) is 0 Å². The first-order chi connectivity index (χ1) is 17.2. The summed E-state index contributed by atoms with van der Waals surface area (Å²) in [6, 6.07) is 19.6. The third-order valence-electron chi connectivity index (χ3n) is 5.57. The molecule has 0 saturated heterocycles. The van der Waals surface area contributed by atoms with Crippen molar-refractivity contribution in [1.82, 2.24) is 4.31 Å². The second-order valence-corrected chi connectivity index (χ2v) is 11.2. The lowest BCUT2D eigenvalue weighted by Crippen LogP contribution is -2.50. The maximum atomic E-state index is 13.6. The zero-order valence-corrected chi connectivity index (χ0v) is 22.3. The molecule has 1 amide bonds. The first-order valence-electron chi connectivity index (χ1n) is 10.8. The number of hydrogen-bond donors (Lipinski definition) is 0. The van der Waals surface area contributed by atoms with Crippen LogP contribution in [0.15, 0.2) is 82.2 Å². The van der Waals surface area contributed by atoms with Crippen molar-refractivity contribution in [3.8, 4) is 5.75 Å². The molecule has 0 aliphatic carbocycles. The average molecular weight is 594 g/mol. The SMILES string of the molecule is COC(=O)[C@@H]1CN(C(=O)CN(Cc2ccc(Br)cc2)S(=O)(=O)c2ccc(Cl)cc2)c2ccccc2O1. The van der Waals surface area contributed by atoms with Gasteiger partial charge in [0.05, 0.1) is 30.8 Å². The van der Waals surface area contributed by atoms with Crippen LogP contribution in [0.5, 0.6) is 5.75 Å². The number of ether oxygens (including phenoxy) is 2. The minimum Gasteiger partial charge on any atom is -0.475 e. The van der Waals surface area contributed by atoms with E-state index < -0.39 is 34.5 Å². The van der Waals surface area contributed by atoms with E-state index in [0.717, 1.165) is 8.78 Å². The van der Waals surface area contributed by atoms with Gasteiger partial charge in [0.25, 0.3) is 0 Å². The Balaban J connectivity index is 1.68. The lowest BCUT2D eigenvalue weighted by atomic mass is 10.2. The summed E-state index contributed by atoms with van der Waals surface area (Å²) in [7, 11) is -2.85. The van der Waals surface area contributed by atoms with Crippen LogP contribution in [-0.4, -0.2) is 50.9 Å². The molecule has 4 rings (SSSR count). The van der Waals surface area contributed by atoms with E-state index in [2.05, 4.69) is 15.9 Å². The predicted octanol–water partition coefficient (Wildman–Crippen LogP) is 4.26. The molecular formula is C25H22BrClN2O6S. The summed E-state index contributed by atoms with van der Waals surface area (Å²) in [6.07, 6.45) is -1.04. The Hall–Kier alpha value is -2.92. The van der Waals surface area contributed by atoms with E-state index in [1.807, 2.05) is 0 Å². The largest absolute Gasteiger partial charge is 0.475 e. The highest BCUT2D eigenvalue weighted by Gasteiger charge is 2.36. The number of esters is 1. The smallest absolute Gasteiger partial charge is 0.348 e. The standard InChI is InChI=1S/C25H22BrClN2O6S/c1-34-25(31)23-15-29(21-4-2-3-5-22(21)35-23)24(30)16-28(14-17-6-8-18(26)9-7-17)36(32,33)20-12-10-19(27)11-13-20/h2-13,23H,14-16H2,1H3/t23-/m0/s1. The van der Waals surface area contributed by atoms with Crippen molar-refractivity contribution < 1.29 is 27.5 Å². The highest BCUT2D eigenvalue weighted by Crippen LogP contribution is 2.34. The molecule has 36 heavy (non-hydrogen) atoms. The van der Waals surface area contributed by atoms with Crippen LogP contribution in [-0.2, 0) is 30.9 Å². The third-order valence-corrected chi connectivity index (χ3v) is 8.16. The average Bonchev–Trinajstić information content (AvgIpc) is 2.88. The summed E-state index contributed by atoms with van der Waals surface area (Å²) in [5.41, 5.74) is 1.13. The molecule has 1 heterocycles. The Morgan fingerprint density at radius 1 is 1.08 bits per heavy atom. The van der Waals surface area contributed by atoms with Gasteiger partial charge in [-0.1, -0.05) is 51.8 Å². The lowest BCUT2D eigenvalue weighted by molar-refractivity contribution is -0.148. The fourth-order valence-electron chi connectivity index (χ4n) is 3.74. The van der Waals surface area contributed by atoms with E-state index in [0.29, 0.717) is 22.0 Å². The Kier molecular flexibility index (Phi) is 7.99. The Labute approximate surface area is 222 Å². The summed E-state index contributed by atoms with van der Waals surface area (Å²) in [6.45, 7) is -0.630. The fraction of sp³-hybridized carbons (Fsp3) is 0.200. The zero-order chi connectivity index (χ0) is 25.9. The predicted molar refractivity (Wildman–Crippen MR) is 138 cm³/mol. The molecule has 0 saturated carbocycles. The van der Waals surface area contributed by atoms with Gasteiger partial charge in [0.1, 0.15) is 5.75 Å². The van der Waals surface area contributed by atoms with Gasteiger partial charge in [-0.2, -0.15) is 4.31 Å². The van der Waals surface area contributed by atoms with Crippen LogP contribution >= 0.6 is 27.5 Å². The molecule has 1 aliphatic rings. The van der Waals surface area contributed by atoms with Gasteiger partial charge in [-0.25, -0.2) is 13.2 Å². The molecule has 0 spiro atoms. The highest BCUT2D eigenvalue weighted by molar-refractivity contribution is 9.10. The van der Waals surface area contributed by atoms with Crippen molar-refractivity contribution >= 4 is 55.1 Å². The van der Waals surface area contributed by atoms with Crippen molar-refractivity contribution in [2.75, 3.05) is 25.1 Å². The van der Waals surface area contributed by atoms with Crippen molar-refractivity contribution in [2.45, 2.75) is 17.5 Å². The fourth-order valence-corrected chi connectivity index (χ4v) is 5.50. The second-order valence-electron chi connectivity index (χ2n) is 7.96. The molecule has 3 aromatic rings. The first-order valence-corrected chi connectivity index (χ1v) is 13.4. The van der Waals surface area contributed by atoms with Crippen molar-refractivity contribution in [3.05, 3.63) is 87.9 Å². The minimum absolute atomic E-state index is 0.00614. The maximum absolute atomic E-state index is 13.6. The summed E-state index contributed by atoms with van der Waals surface area (Å²) >= 11 is 9.32. The molecule has 0 aromatic heterocycles. The quantitative estimate of drug-likeness (QED) is 0.380. The van der Waals surface area contributed by atoms with Gasteiger partial charge >= 0.3 is 5.97 Å². The van der Waals surface area contributed by atoms with Crippen LogP contribution in [0.1, 0.15) is 5.56 Å². The summed E-state index contributed by atoms with van der Waals surface area (Å²) in [4.78, 5) is 27.1. The van der Waals surface area contributed by atoms with Crippen molar-refractivity contribution in [3.63, 3.8) is 0 Å². The molecule has 188 valence electrons. The number of hydrogen-bond acceptors (Lipinski definition) is 6. The van der Waals surface area contributed by atoms with E-state index in [9.17, 15) is 18.0 Å². The van der Waals surface area contributed by atoms with Crippen LogP contribution < -0.4 is 9.64 Å². The molecule has 0 fully saturated rings. The summed E-state index contributed by atoms with van der Waals surface area (Å²) in [5, 5.41) is 0.392. The number of halogens is 2. The highest BCUT2D eigenvalue weighted by atomic mass is 79.9. The number of nitrogens with zero attached hydrogens (tertiary/aromatic N) is 2. The second kappa shape index (κ2) is 11.0. The van der Waals surface area contributed by atoms with Crippen LogP contribution in [0.2, 0.25) is 5.02 Å². The lowest BCUT2D eigenvalue weighted by Gasteiger charge is -2.34. The van der Waals surface area contributed by atoms with Gasteiger partial charge in [0.15, 0.2) is 0 Å². The van der Waals surface area contributed by atoms with Gasteiger partial charge in [0, 0.05) is 16.0 Å². The Morgan fingerprint density at radius 3 is 2.42 bits per heavy atom. The number of carbonyl (C=O) groups is 2. The minimum atomic E-state index is -4.08. The molecule has 0 radical (unpaired) electrons. The van der Waals surface area contributed by atoms with Crippen molar-refractivity contribution in [1.29, 1.82) is 0 Å². The number of anilines is 1. The van der Waals surface area contributed by atoms with E-state index in [4.69, 9.17) is 21.1 Å². The van der Waals surface area contributed by atoms with Gasteiger partial charge in [-0.3, -0.25) is 4.79 Å². The Bertz CT molecular complexity index is 1370. The van der Waals surface area contributed by atoms with Gasteiger partial charge in [0.2, 0.25) is 22.0 Å². The number of rotatable bonds is 7. The van der Waals surface area contributed by atoms with Gasteiger partial charge < -0.3 is 14.4 Å². The first kappa shape index (κ1) is 26.2. The number of methoxy groups -OCH3 is 1. The van der Waals surface area contributed by atoms with Crippen LogP contribution in [0.25, 0.3) is 0 Å². The number of amides is 1. The summed E-state index contributed by atoms with van der Waals surface area (Å²) < 4.78 is 39.7. The number of sulfonamides is 1. The topological polar surface area (TPSA) is 93.2 Å².